The number of rotatable bonds is 6. The van der Waals surface area contributed by atoms with Crippen LogP contribution in [0.15, 0.2) is 49.2 Å². The lowest BCUT2D eigenvalue weighted by Gasteiger charge is -2.36. The molecule has 0 spiro atoms. The van der Waals surface area contributed by atoms with E-state index in [0.717, 1.165) is 48.4 Å². The fraction of sp³-hybridized carbons (Fsp3) is 0.364. The first-order chi connectivity index (χ1) is 15.8. The van der Waals surface area contributed by atoms with Gasteiger partial charge in [0.05, 0.1) is 12.8 Å². The van der Waals surface area contributed by atoms with E-state index in [4.69, 9.17) is 9.15 Å². The summed E-state index contributed by atoms with van der Waals surface area (Å²) in [7, 11) is -1.91. The van der Waals surface area contributed by atoms with Crippen LogP contribution in [-0.4, -0.2) is 69.0 Å². The quantitative estimate of drug-likeness (QED) is 0.443. The Hall–Kier alpha value is -3.31. The van der Waals surface area contributed by atoms with Gasteiger partial charge in [-0.15, -0.1) is 0 Å². The number of H-pyrrole nitrogens is 1. The molecule has 1 aliphatic heterocycles. The SMILES string of the molecule is COc1ccccc1N1CCN(CCn2c(=O)[nH]c3c4cc(S(C)(=O)=O)c(o4)c3c2=O)CC1. The monoisotopic (exact) mass is 472 g/mol. The van der Waals surface area contributed by atoms with Crippen LogP contribution < -0.4 is 20.9 Å². The van der Waals surface area contributed by atoms with Crippen molar-refractivity contribution in [3.8, 4) is 5.75 Å². The maximum Gasteiger partial charge on any atom is 0.328 e. The summed E-state index contributed by atoms with van der Waals surface area (Å²) < 4.78 is 36.1. The van der Waals surface area contributed by atoms with Crippen molar-refractivity contribution in [1.29, 1.82) is 0 Å². The summed E-state index contributed by atoms with van der Waals surface area (Å²) in [5.74, 6) is 0.830. The van der Waals surface area contributed by atoms with E-state index in [-0.39, 0.29) is 33.5 Å². The van der Waals surface area contributed by atoms with Gasteiger partial charge in [-0.1, -0.05) is 12.1 Å². The Morgan fingerprint density at radius 1 is 1.09 bits per heavy atom. The number of aromatic nitrogens is 2. The highest BCUT2D eigenvalue weighted by molar-refractivity contribution is 7.91. The van der Waals surface area contributed by atoms with Crippen LogP contribution in [-0.2, 0) is 16.4 Å². The second kappa shape index (κ2) is 7.92. The van der Waals surface area contributed by atoms with Crippen LogP contribution in [0.3, 0.4) is 0 Å². The van der Waals surface area contributed by atoms with Crippen molar-refractivity contribution in [1.82, 2.24) is 14.5 Å². The number of fused-ring (bicyclic) bond motifs is 5. The fourth-order valence-electron chi connectivity index (χ4n) is 4.46. The Morgan fingerprint density at radius 2 is 1.82 bits per heavy atom. The number of methoxy groups -OCH3 is 1. The summed E-state index contributed by atoms with van der Waals surface area (Å²) in [6.45, 7) is 3.84. The standard InChI is InChI=1S/C22H24N4O6S/c1-31-15-6-4-3-5-14(15)25-10-7-24(8-11-25)9-12-26-21(27)18-19(23-22(26)28)16-13-17(20(18)32-16)33(2,29)30/h3-6,13H,7-12H2,1-2H3,(H,23,28). The summed E-state index contributed by atoms with van der Waals surface area (Å²) in [5, 5.41) is 0.105. The zero-order valence-electron chi connectivity index (χ0n) is 18.3. The van der Waals surface area contributed by atoms with Crippen LogP contribution in [0.4, 0.5) is 5.69 Å². The molecule has 3 aromatic heterocycles. The van der Waals surface area contributed by atoms with Gasteiger partial charge in [0, 0.05) is 51.6 Å². The number of sulfone groups is 1. The number of benzene rings is 2. The first kappa shape index (κ1) is 21.5. The minimum atomic E-state index is -3.56. The minimum absolute atomic E-state index is 0.00271. The van der Waals surface area contributed by atoms with E-state index >= 15 is 0 Å². The Labute approximate surface area is 189 Å². The maximum atomic E-state index is 13.1. The van der Waals surface area contributed by atoms with Crippen molar-refractivity contribution >= 4 is 37.6 Å². The molecule has 0 atom stereocenters. The molecule has 0 aliphatic carbocycles. The van der Waals surface area contributed by atoms with Gasteiger partial charge in [0.15, 0.2) is 21.0 Å². The Kier molecular flexibility index (Phi) is 5.17. The Balaban J connectivity index is 1.34. The molecule has 1 fully saturated rings. The van der Waals surface area contributed by atoms with Crippen molar-refractivity contribution < 1.29 is 17.6 Å². The third-order valence-corrected chi connectivity index (χ3v) is 7.30. The van der Waals surface area contributed by atoms with Crippen molar-refractivity contribution in [3.63, 3.8) is 0 Å². The zero-order valence-corrected chi connectivity index (χ0v) is 19.1. The number of anilines is 1. The van der Waals surface area contributed by atoms with Crippen LogP contribution in [0.2, 0.25) is 0 Å². The van der Waals surface area contributed by atoms with Gasteiger partial charge >= 0.3 is 5.69 Å². The number of piperazine rings is 1. The summed E-state index contributed by atoms with van der Waals surface area (Å²) in [4.78, 5) is 32.8. The molecule has 10 nitrogen and oxygen atoms in total. The summed E-state index contributed by atoms with van der Waals surface area (Å²) in [6, 6.07) is 9.22. The molecule has 1 aromatic carbocycles. The third-order valence-electron chi connectivity index (χ3n) is 6.20. The summed E-state index contributed by atoms with van der Waals surface area (Å²) in [6.07, 6.45) is 1.06. The van der Waals surface area contributed by atoms with Gasteiger partial charge in [-0.3, -0.25) is 14.3 Å². The molecule has 0 amide bonds. The van der Waals surface area contributed by atoms with Gasteiger partial charge in [-0.25, -0.2) is 13.2 Å². The normalized spacial score (nSPS) is 15.6. The number of nitrogens with one attached hydrogen (secondary N) is 1. The molecule has 11 heteroatoms. The lowest BCUT2D eigenvalue weighted by atomic mass is 10.2. The molecule has 4 heterocycles. The van der Waals surface area contributed by atoms with E-state index < -0.39 is 21.1 Å². The van der Waals surface area contributed by atoms with Crippen molar-refractivity contribution in [3.05, 3.63) is 51.2 Å². The molecule has 1 aliphatic rings. The largest absolute Gasteiger partial charge is 0.495 e. The van der Waals surface area contributed by atoms with E-state index in [9.17, 15) is 18.0 Å². The zero-order chi connectivity index (χ0) is 23.3. The number of ether oxygens (including phenoxy) is 1. The summed E-state index contributed by atoms with van der Waals surface area (Å²) >= 11 is 0. The number of para-hydroxylation sites is 2. The predicted octanol–water partition coefficient (Wildman–Crippen LogP) is 1.11. The van der Waals surface area contributed by atoms with Gasteiger partial charge in [-0.2, -0.15) is 0 Å². The molecule has 2 bridgehead atoms. The molecule has 1 saturated heterocycles. The molecule has 4 aromatic rings. The number of hydrogen-bond donors (Lipinski definition) is 1. The topological polar surface area (TPSA) is 118 Å². The second-order valence-electron chi connectivity index (χ2n) is 8.21. The van der Waals surface area contributed by atoms with E-state index in [1.807, 2.05) is 24.3 Å². The Bertz CT molecular complexity index is 1540. The third kappa shape index (κ3) is 3.66. The number of furan rings is 2. The van der Waals surface area contributed by atoms with Gasteiger partial charge in [0.2, 0.25) is 0 Å². The lowest BCUT2D eigenvalue weighted by Crippen LogP contribution is -2.48. The van der Waals surface area contributed by atoms with Crippen molar-refractivity contribution in [2.24, 2.45) is 0 Å². The first-order valence-corrected chi connectivity index (χ1v) is 12.5. The fourth-order valence-corrected chi connectivity index (χ4v) is 5.26. The first-order valence-electron chi connectivity index (χ1n) is 10.6. The van der Waals surface area contributed by atoms with Gasteiger partial charge in [0.1, 0.15) is 21.5 Å². The number of hydrogen-bond acceptors (Lipinski definition) is 8. The molecule has 0 saturated carbocycles. The molecule has 33 heavy (non-hydrogen) atoms. The van der Waals surface area contributed by atoms with Gasteiger partial charge in [-0.05, 0) is 12.1 Å². The Morgan fingerprint density at radius 3 is 2.52 bits per heavy atom. The van der Waals surface area contributed by atoms with Gasteiger partial charge < -0.3 is 19.0 Å². The lowest BCUT2D eigenvalue weighted by molar-refractivity contribution is 0.245. The molecule has 1 N–H and O–H groups in total. The number of nitrogens with zero attached hydrogens (tertiary/aromatic N) is 3. The van der Waals surface area contributed by atoms with Crippen molar-refractivity contribution in [2.75, 3.05) is 51.0 Å². The molecular formula is C22H24N4O6S. The van der Waals surface area contributed by atoms with Crippen LogP contribution in [0.5, 0.6) is 5.75 Å². The number of aromatic amines is 1. The predicted molar refractivity (Wildman–Crippen MR) is 125 cm³/mol. The van der Waals surface area contributed by atoms with Crippen LogP contribution in [0.1, 0.15) is 0 Å². The average molecular weight is 473 g/mol. The van der Waals surface area contributed by atoms with E-state index in [2.05, 4.69) is 14.8 Å². The highest BCUT2D eigenvalue weighted by Gasteiger charge is 2.26. The van der Waals surface area contributed by atoms with Gasteiger partial charge in [0.25, 0.3) is 5.56 Å². The van der Waals surface area contributed by atoms with E-state index in [0.29, 0.717) is 6.54 Å². The van der Waals surface area contributed by atoms with E-state index in [1.54, 1.807) is 7.11 Å². The maximum absolute atomic E-state index is 13.1. The van der Waals surface area contributed by atoms with Crippen LogP contribution in [0.25, 0.3) is 22.1 Å². The molecule has 5 rings (SSSR count). The van der Waals surface area contributed by atoms with E-state index in [1.165, 1.54) is 6.07 Å². The highest BCUT2D eigenvalue weighted by Crippen LogP contribution is 2.33. The average Bonchev–Trinajstić information content (AvgIpc) is 3.39. The van der Waals surface area contributed by atoms with Crippen LogP contribution >= 0.6 is 0 Å². The minimum Gasteiger partial charge on any atom is -0.495 e. The summed E-state index contributed by atoms with van der Waals surface area (Å²) in [5.41, 5.74) is 0.405. The molecular weight excluding hydrogens is 448 g/mol. The molecule has 174 valence electrons. The highest BCUT2D eigenvalue weighted by atomic mass is 32.2. The van der Waals surface area contributed by atoms with Crippen molar-refractivity contribution in [2.45, 2.75) is 11.4 Å². The molecule has 0 unspecified atom stereocenters. The molecule has 0 radical (unpaired) electrons. The second-order valence-corrected chi connectivity index (χ2v) is 10.2. The van der Waals surface area contributed by atoms with Crippen LogP contribution in [0, 0.1) is 0 Å². The smallest absolute Gasteiger partial charge is 0.328 e.